The normalized spacial score (nSPS) is 14.0. The van der Waals surface area contributed by atoms with E-state index in [1.54, 1.807) is 12.1 Å². The molecular weight excluding hydrogens is 711 g/mol. The van der Waals surface area contributed by atoms with Crippen molar-refractivity contribution in [3.8, 4) is 16.9 Å². The minimum absolute atomic E-state index is 0.00184. The Bertz CT molecular complexity index is 1640. The Balaban J connectivity index is 0.000000838. The van der Waals surface area contributed by atoms with Crippen molar-refractivity contribution in [2.45, 2.75) is 50.7 Å². The topological polar surface area (TPSA) is 154 Å². The van der Waals surface area contributed by atoms with Gasteiger partial charge in [-0.2, -0.15) is 13.2 Å². The fourth-order valence-corrected chi connectivity index (χ4v) is 5.41. The lowest BCUT2D eigenvalue weighted by molar-refractivity contribution is -0.274. The van der Waals surface area contributed by atoms with Crippen LogP contribution in [0.2, 0.25) is 10.0 Å². The minimum atomic E-state index is -5.08. The van der Waals surface area contributed by atoms with E-state index in [0.29, 0.717) is 18.4 Å². The molecule has 1 atom stereocenters. The standard InChI is InChI=1S/C29H26Cl2F3N3O5.C2HF3O2/c30-21-14-19(42-29(32,33)34)15-22(31)25(21)37-28(41)35-23-13-18(16-7-3-1-4-8-16)11-12-20(23)26(38)36-24(27(39)40)17-9-5-2-6-10-17;3-2(4,5)1(6)7/h1,3-4,7-8,11-15,17,24H,2,5-6,9-10H2,(H,36,38)(H,39,40)(H2,35,37,41);(H,6,7)/t24-;/m0./s1. The fraction of sp³-hybridized carbons (Fsp3) is 0.290. The Kier molecular flexibility index (Phi) is 13.1. The third-order valence-electron chi connectivity index (χ3n) is 7.02. The molecule has 1 fully saturated rings. The number of carbonyl (C=O) groups excluding carboxylic acids is 2. The highest BCUT2D eigenvalue weighted by Gasteiger charge is 2.38. The van der Waals surface area contributed by atoms with Gasteiger partial charge in [-0.25, -0.2) is 14.4 Å². The van der Waals surface area contributed by atoms with Crippen molar-refractivity contribution in [2.75, 3.05) is 10.6 Å². The van der Waals surface area contributed by atoms with Crippen LogP contribution >= 0.6 is 23.2 Å². The van der Waals surface area contributed by atoms with Crippen LogP contribution < -0.4 is 20.7 Å². The van der Waals surface area contributed by atoms with Gasteiger partial charge in [0.05, 0.1) is 27.0 Å². The van der Waals surface area contributed by atoms with Crippen LogP contribution in [-0.4, -0.2) is 52.7 Å². The van der Waals surface area contributed by atoms with E-state index in [2.05, 4.69) is 20.7 Å². The van der Waals surface area contributed by atoms with E-state index in [0.717, 1.165) is 37.0 Å². The lowest BCUT2D eigenvalue weighted by Gasteiger charge is -2.28. The van der Waals surface area contributed by atoms with E-state index in [1.807, 2.05) is 30.3 Å². The van der Waals surface area contributed by atoms with Crippen molar-refractivity contribution in [1.82, 2.24) is 5.32 Å². The maximum absolute atomic E-state index is 13.4. The van der Waals surface area contributed by atoms with E-state index in [1.165, 1.54) is 6.07 Å². The highest BCUT2D eigenvalue weighted by molar-refractivity contribution is 6.40. The van der Waals surface area contributed by atoms with Crippen molar-refractivity contribution in [3.05, 3.63) is 76.3 Å². The van der Waals surface area contributed by atoms with Gasteiger partial charge in [0.25, 0.3) is 5.91 Å². The second-order valence-electron chi connectivity index (χ2n) is 10.5. The molecule has 5 N–H and O–H groups in total. The first kappa shape index (κ1) is 38.7. The number of halogens is 8. The number of carbonyl (C=O) groups is 4. The number of ether oxygens (including phenoxy) is 1. The molecule has 4 rings (SSSR count). The molecule has 0 unspecified atom stereocenters. The zero-order valence-electron chi connectivity index (χ0n) is 24.9. The number of alkyl halides is 6. The maximum Gasteiger partial charge on any atom is 0.573 e. The molecule has 3 amide bonds. The summed E-state index contributed by atoms with van der Waals surface area (Å²) in [5.74, 6) is -5.51. The summed E-state index contributed by atoms with van der Waals surface area (Å²) < 4.78 is 73.3. The van der Waals surface area contributed by atoms with Crippen LogP contribution in [0.15, 0.2) is 60.7 Å². The van der Waals surface area contributed by atoms with Gasteiger partial charge in [-0.1, -0.05) is 78.9 Å². The quantitative estimate of drug-likeness (QED) is 0.145. The first-order chi connectivity index (χ1) is 22.9. The molecule has 264 valence electrons. The molecule has 1 aliphatic carbocycles. The number of hydrogen-bond donors (Lipinski definition) is 5. The molecule has 0 radical (unpaired) electrons. The molecule has 0 heterocycles. The molecule has 0 aromatic heterocycles. The van der Waals surface area contributed by atoms with Crippen LogP contribution in [0.3, 0.4) is 0 Å². The summed E-state index contributed by atoms with van der Waals surface area (Å²) in [5.41, 5.74) is 1.28. The molecule has 0 spiro atoms. The Morgan fingerprint density at radius 3 is 1.88 bits per heavy atom. The number of nitrogens with one attached hydrogen (secondary N) is 3. The summed E-state index contributed by atoms with van der Waals surface area (Å²) in [5, 5.41) is 23.8. The largest absolute Gasteiger partial charge is 0.573 e. The van der Waals surface area contributed by atoms with Gasteiger partial charge in [-0.3, -0.25) is 4.79 Å². The van der Waals surface area contributed by atoms with Crippen LogP contribution in [0.4, 0.5) is 42.5 Å². The van der Waals surface area contributed by atoms with Crippen molar-refractivity contribution in [3.63, 3.8) is 0 Å². The van der Waals surface area contributed by atoms with Crippen molar-refractivity contribution in [2.24, 2.45) is 5.92 Å². The Morgan fingerprint density at radius 1 is 0.796 bits per heavy atom. The monoisotopic (exact) mass is 737 g/mol. The van der Waals surface area contributed by atoms with Gasteiger partial charge in [0.15, 0.2) is 0 Å². The predicted octanol–water partition coefficient (Wildman–Crippen LogP) is 8.60. The van der Waals surface area contributed by atoms with E-state index in [9.17, 15) is 45.8 Å². The van der Waals surface area contributed by atoms with Crippen LogP contribution in [0.25, 0.3) is 11.1 Å². The summed E-state index contributed by atoms with van der Waals surface area (Å²) in [6.45, 7) is 0. The molecule has 0 aliphatic heterocycles. The zero-order chi connectivity index (χ0) is 36.5. The highest BCUT2D eigenvalue weighted by atomic mass is 35.5. The number of anilines is 2. The third kappa shape index (κ3) is 11.7. The van der Waals surface area contributed by atoms with Crippen molar-refractivity contribution < 1.29 is 60.5 Å². The number of urea groups is 1. The molecular formula is C31H27Cl2F6N3O7. The van der Waals surface area contributed by atoms with Crippen LogP contribution in [0.5, 0.6) is 5.75 Å². The summed E-state index contributed by atoms with van der Waals surface area (Å²) in [7, 11) is 0. The molecule has 0 bridgehead atoms. The van der Waals surface area contributed by atoms with Gasteiger partial charge in [-0.05, 0) is 42.0 Å². The smallest absolute Gasteiger partial charge is 0.480 e. The van der Waals surface area contributed by atoms with E-state index >= 15 is 0 Å². The Labute approximate surface area is 284 Å². The average molecular weight is 738 g/mol. The number of aliphatic carboxylic acids is 2. The SMILES string of the molecule is O=C(Nc1cc(-c2ccccc2)ccc1C(=O)N[C@H](C(=O)O)C1CCCCC1)Nc1c(Cl)cc(OC(F)(F)F)cc1Cl.O=C(O)C(F)(F)F. The number of carboxylic acid groups (broad SMARTS) is 2. The van der Waals surface area contributed by atoms with Crippen LogP contribution in [0, 0.1) is 5.92 Å². The molecule has 1 saturated carbocycles. The van der Waals surface area contributed by atoms with Gasteiger partial charge in [0, 0.05) is 12.1 Å². The number of hydrogen-bond acceptors (Lipinski definition) is 5. The van der Waals surface area contributed by atoms with E-state index in [4.69, 9.17) is 33.1 Å². The lowest BCUT2D eigenvalue weighted by atomic mass is 9.83. The summed E-state index contributed by atoms with van der Waals surface area (Å²) >= 11 is 12.1. The van der Waals surface area contributed by atoms with Crippen molar-refractivity contribution in [1.29, 1.82) is 0 Å². The first-order valence-electron chi connectivity index (χ1n) is 14.2. The summed E-state index contributed by atoms with van der Waals surface area (Å²) in [6, 6.07) is 13.4. The lowest BCUT2D eigenvalue weighted by Crippen LogP contribution is -2.46. The van der Waals surface area contributed by atoms with Crippen molar-refractivity contribution >= 4 is 58.5 Å². The van der Waals surface area contributed by atoms with Gasteiger partial charge in [-0.15, -0.1) is 13.2 Å². The predicted molar refractivity (Wildman–Crippen MR) is 167 cm³/mol. The molecule has 0 saturated heterocycles. The average Bonchev–Trinajstić information content (AvgIpc) is 3.01. The maximum atomic E-state index is 13.4. The molecule has 1 aliphatic rings. The second kappa shape index (κ2) is 16.6. The summed E-state index contributed by atoms with van der Waals surface area (Å²) in [6.07, 6.45) is -5.96. The van der Waals surface area contributed by atoms with Gasteiger partial charge in [0.1, 0.15) is 11.8 Å². The highest BCUT2D eigenvalue weighted by Crippen LogP contribution is 2.37. The number of carboxylic acids is 2. The van der Waals surface area contributed by atoms with Crippen LogP contribution in [-0.2, 0) is 9.59 Å². The fourth-order valence-electron chi connectivity index (χ4n) is 4.85. The molecule has 3 aromatic rings. The first-order valence-corrected chi connectivity index (χ1v) is 15.0. The Morgan fingerprint density at radius 2 is 1.37 bits per heavy atom. The molecule has 49 heavy (non-hydrogen) atoms. The second-order valence-corrected chi connectivity index (χ2v) is 11.3. The number of benzene rings is 3. The Hall–Kier alpha value is -4.70. The number of rotatable bonds is 8. The number of amides is 3. The van der Waals surface area contributed by atoms with Gasteiger partial charge < -0.3 is 30.9 Å². The van der Waals surface area contributed by atoms with Crippen LogP contribution in [0.1, 0.15) is 42.5 Å². The zero-order valence-corrected chi connectivity index (χ0v) is 26.4. The van der Waals surface area contributed by atoms with Gasteiger partial charge in [0.2, 0.25) is 0 Å². The van der Waals surface area contributed by atoms with E-state index in [-0.39, 0.29) is 32.9 Å². The minimum Gasteiger partial charge on any atom is -0.480 e. The van der Waals surface area contributed by atoms with E-state index < -0.39 is 48.2 Å². The third-order valence-corrected chi connectivity index (χ3v) is 7.62. The molecule has 3 aromatic carbocycles. The molecule has 10 nitrogen and oxygen atoms in total. The van der Waals surface area contributed by atoms with Gasteiger partial charge >= 0.3 is 30.5 Å². The molecule has 18 heteroatoms. The summed E-state index contributed by atoms with van der Waals surface area (Å²) in [4.78, 5) is 47.3.